The Morgan fingerprint density at radius 2 is 1.97 bits per heavy atom. The highest BCUT2D eigenvalue weighted by Crippen LogP contribution is 2.39. The van der Waals surface area contributed by atoms with E-state index >= 15 is 0 Å². The second-order valence-corrected chi connectivity index (χ2v) is 7.99. The summed E-state index contributed by atoms with van der Waals surface area (Å²) < 4.78 is 17.7. The third-order valence-electron chi connectivity index (χ3n) is 5.67. The number of ether oxygens (including phenoxy) is 2. The molecule has 0 spiro atoms. The molecular formula is C25H23NO8. The van der Waals surface area contributed by atoms with Crippen LogP contribution in [0.15, 0.2) is 76.2 Å². The van der Waals surface area contributed by atoms with Gasteiger partial charge in [-0.25, -0.2) is 0 Å². The molecule has 1 saturated heterocycles. The predicted molar refractivity (Wildman–Crippen MR) is 122 cm³/mol. The van der Waals surface area contributed by atoms with Crippen LogP contribution >= 0.6 is 0 Å². The minimum atomic E-state index is -1.00. The molecule has 0 radical (unpaired) electrons. The first-order valence-electron chi connectivity index (χ1n) is 10.8. The van der Waals surface area contributed by atoms with Gasteiger partial charge in [-0.15, -0.1) is 0 Å². The summed E-state index contributed by atoms with van der Waals surface area (Å²) in [5.41, 5.74) is 0.622. The van der Waals surface area contributed by atoms with Crippen molar-refractivity contribution in [2.24, 2.45) is 5.92 Å². The minimum Gasteiger partial charge on any atom is -0.481 e. The number of carboxylic acid groups (broad SMARTS) is 1. The Morgan fingerprint density at radius 3 is 2.71 bits per heavy atom. The Labute approximate surface area is 194 Å². The van der Waals surface area contributed by atoms with Gasteiger partial charge in [0, 0.05) is 24.5 Å². The molecule has 0 bridgehead atoms. The second-order valence-electron chi connectivity index (χ2n) is 7.99. The number of nitrogens with zero attached hydrogens (tertiary/aromatic N) is 1. The molecule has 4 rings (SSSR count). The molecule has 3 atom stereocenters. The van der Waals surface area contributed by atoms with E-state index in [4.69, 9.17) is 19.0 Å². The lowest BCUT2D eigenvalue weighted by atomic mass is 9.92. The topological polar surface area (TPSA) is 129 Å². The number of carboxylic acids is 1. The highest BCUT2D eigenvalue weighted by atomic mass is 16.7. The van der Waals surface area contributed by atoms with Gasteiger partial charge in [-0.1, -0.05) is 42.5 Å². The van der Waals surface area contributed by atoms with Gasteiger partial charge in [0.05, 0.1) is 28.6 Å². The zero-order valence-electron chi connectivity index (χ0n) is 18.2. The summed E-state index contributed by atoms with van der Waals surface area (Å²) in [5, 5.41) is 20.0. The molecule has 1 fully saturated rings. The SMILES string of the molecule is O=C(O)CC/C=C\CC1COC(c2coc3ccc([N+](=O)[O-])cc3c2=O)OC1c1ccccc1. The molecule has 9 heteroatoms. The molecule has 3 aromatic rings. The fourth-order valence-corrected chi connectivity index (χ4v) is 3.94. The van der Waals surface area contributed by atoms with Crippen molar-refractivity contribution in [1.29, 1.82) is 0 Å². The van der Waals surface area contributed by atoms with Gasteiger partial charge in [-0.3, -0.25) is 19.7 Å². The van der Waals surface area contributed by atoms with E-state index in [9.17, 15) is 19.7 Å². The van der Waals surface area contributed by atoms with Crippen LogP contribution in [0.3, 0.4) is 0 Å². The van der Waals surface area contributed by atoms with Crippen molar-refractivity contribution >= 4 is 22.6 Å². The smallest absolute Gasteiger partial charge is 0.303 e. The number of fused-ring (bicyclic) bond motifs is 1. The van der Waals surface area contributed by atoms with E-state index in [1.165, 1.54) is 24.5 Å². The normalized spacial score (nSPS) is 20.5. The van der Waals surface area contributed by atoms with E-state index in [1.54, 1.807) is 0 Å². The van der Waals surface area contributed by atoms with Crippen molar-refractivity contribution in [3.05, 3.63) is 98.4 Å². The quantitative estimate of drug-likeness (QED) is 0.282. The number of rotatable bonds is 8. The minimum absolute atomic E-state index is 0.0617. The van der Waals surface area contributed by atoms with Crippen molar-refractivity contribution < 1.29 is 28.7 Å². The van der Waals surface area contributed by atoms with Gasteiger partial charge >= 0.3 is 5.97 Å². The Hall–Kier alpha value is -3.82. The van der Waals surface area contributed by atoms with Crippen molar-refractivity contribution in [1.82, 2.24) is 0 Å². The molecule has 1 aliphatic rings. The van der Waals surface area contributed by atoms with Gasteiger partial charge in [0.15, 0.2) is 6.29 Å². The molecule has 1 aromatic heterocycles. The van der Waals surface area contributed by atoms with Gasteiger partial charge in [-0.2, -0.15) is 0 Å². The van der Waals surface area contributed by atoms with Gasteiger partial charge in [0.25, 0.3) is 5.69 Å². The fraction of sp³-hybridized carbons (Fsp3) is 0.280. The summed E-state index contributed by atoms with van der Waals surface area (Å²) in [7, 11) is 0. The van der Waals surface area contributed by atoms with Crippen LogP contribution in [0.2, 0.25) is 0 Å². The molecule has 2 heterocycles. The zero-order valence-corrected chi connectivity index (χ0v) is 18.2. The molecule has 9 nitrogen and oxygen atoms in total. The summed E-state index contributed by atoms with van der Waals surface area (Å²) in [6, 6.07) is 13.4. The lowest BCUT2D eigenvalue weighted by molar-refractivity contribution is -0.384. The van der Waals surface area contributed by atoms with E-state index in [1.807, 2.05) is 42.5 Å². The Kier molecular flexibility index (Phi) is 7.15. The number of allylic oxidation sites excluding steroid dienone is 2. The first-order valence-corrected chi connectivity index (χ1v) is 10.8. The highest BCUT2D eigenvalue weighted by molar-refractivity contribution is 5.79. The van der Waals surface area contributed by atoms with Crippen LogP contribution in [0.5, 0.6) is 0 Å². The third kappa shape index (κ3) is 5.22. The summed E-state index contributed by atoms with van der Waals surface area (Å²) in [6.07, 6.45) is 4.73. The molecule has 0 aliphatic carbocycles. The number of nitro groups is 1. The zero-order chi connectivity index (χ0) is 24.1. The lowest BCUT2D eigenvalue weighted by Gasteiger charge is -2.36. The van der Waals surface area contributed by atoms with Crippen LogP contribution in [-0.4, -0.2) is 22.6 Å². The van der Waals surface area contributed by atoms with Crippen molar-refractivity contribution in [3.8, 4) is 0 Å². The van der Waals surface area contributed by atoms with Crippen molar-refractivity contribution in [2.75, 3.05) is 6.61 Å². The number of carbonyl (C=O) groups is 1. The molecule has 176 valence electrons. The van der Waals surface area contributed by atoms with E-state index in [-0.39, 0.29) is 40.7 Å². The van der Waals surface area contributed by atoms with Crippen LogP contribution in [0.25, 0.3) is 11.0 Å². The van der Waals surface area contributed by atoms with E-state index in [0.29, 0.717) is 19.4 Å². The number of nitro benzene ring substituents is 1. The molecule has 1 N–H and O–H groups in total. The Morgan fingerprint density at radius 1 is 1.18 bits per heavy atom. The molecule has 34 heavy (non-hydrogen) atoms. The fourth-order valence-electron chi connectivity index (χ4n) is 3.94. The van der Waals surface area contributed by atoms with Crippen LogP contribution in [0, 0.1) is 16.0 Å². The van der Waals surface area contributed by atoms with Gasteiger partial charge < -0.3 is 19.0 Å². The Balaban J connectivity index is 1.59. The number of hydrogen-bond acceptors (Lipinski definition) is 7. The molecule has 0 saturated carbocycles. The van der Waals surface area contributed by atoms with Crippen LogP contribution < -0.4 is 5.43 Å². The van der Waals surface area contributed by atoms with E-state index in [0.717, 1.165) is 5.56 Å². The Bertz CT molecular complexity index is 1270. The van der Waals surface area contributed by atoms with Gasteiger partial charge in [-0.05, 0) is 24.5 Å². The van der Waals surface area contributed by atoms with Crippen molar-refractivity contribution in [3.63, 3.8) is 0 Å². The van der Waals surface area contributed by atoms with E-state index < -0.39 is 22.6 Å². The maximum atomic E-state index is 13.1. The van der Waals surface area contributed by atoms with Crippen molar-refractivity contribution in [2.45, 2.75) is 31.7 Å². The van der Waals surface area contributed by atoms with Crippen LogP contribution in [0.1, 0.15) is 42.8 Å². The number of non-ortho nitro benzene ring substituents is 1. The largest absolute Gasteiger partial charge is 0.481 e. The standard InChI is InChI=1S/C25H23NO8/c27-22(28)10-6-2-5-9-17-14-33-25(34-24(17)16-7-3-1-4-8-16)20-15-32-21-12-11-18(26(30)31)13-19(21)23(20)29/h1-5,7-8,11-13,15,17,24-25H,6,9-10,14H2,(H,27,28)/b5-2-. The first-order chi connectivity index (χ1) is 16.4. The average molecular weight is 465 g/mol. The summed E-state index contributed by atoms with van der Waals surface area (Å²) in [6.45, 7) is 0.292. The number of hydrogen-bond donors (Lipinski definition) is 1. The highest BCUT2D eigenvalue weighted by Gasteiger charge is 2.35. The number of aliphatic carboxylic acids is 1. The third-order valence-corrected chi connectivity index (χ3v) is 5.67. The maximum absolute atomic E-state index is 13.1. The molecule has 2 aromatic carbocycles. The summed E-state index contributed by atoms with van der Waals surface area (Å²) in [5.74, 6) is -0.910. The second kappa shape index (κ2) is 10.4. The average Bonchev–Trinajstić information content (AvgIpc) is 2.84. The van der Waals surface area contributed by atoms with Gasteiger partial charge in [0.1, 0.15) is 11.8 Å². The summed E-state index contributed by atoms with van der Waals surface area (Å²) in [4.78, 5) is 34.4. The molecule has 1 aliphatic heterocycles. The molecule has 0 amide bonds. The van der Waals surface area contributed by atoms with Crippen LogP contribution in [-0.2, 0) is 14.3 Å². The monoisotopic (exact) mass is 465 g/mol. The number of benzene rings is 2. The maximum Gasteiger partial charge on any atom is 0.303 e. The predicted octanol–water partition coefficient (Wildman–Crippen LogP) is 4.92. The molecule has 3 unspecified atom stereocenters. The van der Waals surface area contributed by atoms with Gasteiger partial charge in [0.2, 0.25) is 5.43 Å². The van der Waals surface area contributed by atoms with E-state index in [2.05, 4.69) is 0 Å². The van der Waals surface area contributed by atoms with Crippen LogP contribution in [0.4, 0.5) is 5.69 Å². The molecular weight excluding hydrogens is 442 g/mol. The summed E-state index contributed by atoms with van der Waals surface area (Å²) >= 11 is 0. The first kappa shape index (κ1) is 23.3. The lowest BCUT2D eigenvalue weighted by Crippen LogP contribution is -2.32.